The summed E-state index contributed by atoms with van der Waals surface area (Å²) in [6.45, 7) is 0. The van der Waals surface area contributed by atoms with E-state index in [1.165, 1.54) is 0 Å². The molecule has 1 aromatic heterocycles. The average Bonchev–Trinajstić information content (AvgIpc) is 3.25. The smallest absolute Gasteiger partial charge is 0.252 e. The molecule has 1 aliphatic carbocycles. The quantitative estimate of drug-likeness (QED) is 0.888. The highest BCUT2D eigenvalue weighted by Gasteiger charge is 2.30. The molecule has 2 aromatic rings. The predicted octanol–water partition coefficient (Wildman–Crippen LogP) is 1.75. The van der Waals surface area contributed by atoms with Crippen molar-refractivity contribution in [3.05, 3.63) is 48.0 Å². The summed E-state index contributed by atoms with van der Waals surface area (Å²) in [5.41, 5.74) is 1.59. The minimum Gasteiger partial charge on any atom is -0.353 e. The molecule has 7 heteroatoms. The van der Waals surface area contributed by atoms with Gasteiger partial charge in [-0.1, -0.05) is 18.2 Å². The normalized spacial score (nSPS) is 25.3. The van der Waals surface area contributed by atoms with Crippen LogP contribution in [-0.2, 0) is 4.79 Å². The SMILES string of the molecule is O=C(CC1NC(=O)c2ccccc21)NC1CCC(n2cncn2)CC1. The topological polar surface area (TPSA) is 88.9 Å². The number of hydrogen-bond donors (Lipinski definition) is 2. The van der Waals surface area contributed by atoms with Crippen LogP contribution in [-0.4, -0.2) is 32.6 Å². The Hall–Kier alpha value is -2.70. The molecule has 0 spiro atoms. The maximum absolute atomic E-state index is 12.4. The summed E-state index contributed by atoms with van der Waals surface area (Å²) in [4.78, 5) is 28.3. The van der Waals surface area contributed by atoms with Gasteiger partial charge in [0, 0.05) is 11.6 Å². The van der Waals surface area contributed by atoms with Crippen molar-refractivity contribution >= 4 is 11.8 Å². The summed E-state index contributed by atoms with van der Waals surface area (Å²) in [6, 6.07) is 7.79. The Kier molecular flexibility index (Phi) is 4.21. The lowest BCUT2D eigenvalue weighted by molar-refractivity contribution is -0.122. The second-order valence-electron chi connectivity index (χ2n) is 6.77. The van der Waals surface area contributed by atoms with Gasteiger partial charge in [0.05, 0.1) is 18.5 Å². The Morgan fingerprint density at radius 2 is 2.04 bits per heavy atom. The Balaban J connectivity index is 1.30. The van der Waals surface area contributed by atoms with Crippen LogP contribution in [0.5, 0.6) is 0 Å². The number of aromatic nitrogens is 3. The molecule has 2 heterocycles. The maximum Gasteiger partial charge on any atom is 0.252 e. The van der Waals surface area contributed by atoms with Crippen molar-refractivity contribution < 1.29 is 9.59 Å². The second kappa shape index (κ2) is 6.66. The van der Waals surface area contributed by atoms with E-state index in [-0.39, 0.29) is 30.3 Å². The van der Waals surface area contributed by atoms with Crippen molar-refractivity contribution in [3.8, 4) is 0 Å². The first kappa shape index (κ1) is 15.8. The number of rotatable bonds is 4. The number of carbonyl (C=O) groups is 2. The molecule has 25 heavy (non-hydrogen) atoms. The number of amides is 2. The van der Waals surface area contributed by atoms with Gasteiger partial charge in [-0.25, -0.2) is 9.67 Å². The fraction of sp³-hybridized carbons (Fsp3) is 0.444. The van der Waals surface area contributed by atoms with Crippen molar-refractivity contribution in [1.82, 2.24) is 25.4 Å². The Morgan fingerprint density at radius 1 is 1.24 bits per heavy atom. The summed E-state index contributed by atoms with van der Waals surface area (Å²) in [5, 5.41) is 10.2. The van der Waals surface area contributed by atoms with Gasteiger partial charge in [-0.05, 0) is 37.3 Å². The molecular formula is C18H21N5O2. The van der Waals surface area contributed by atoms with Gasteiger partial charge < -0.3 is 10.6 Å². The summed E-state index contributed by atoms with van der Waals surface area (Å²) in [5.74, 6) is -0.104. The molecule has 7 nitrogen and oxygen atoms in total. The van der Waals surface area contributed by atoms with Crippen molar-refractivity contribution in [1.29, 1.82) is 0 Å². The summed E-state index contributed by atoms with van der Waals surface area (Å²) >= 11 is 0. The predicted molar refractivity (Wildman–Crippen MR) is 90.7 cm³/mol. The number of hydrogen-bond acceptors (Lipinski definition) is 4. The summed E-state index contributed by atoms with van der Waals surface area (Å²) in [7, 11) is 0. The molecule has 1 unspecified atom stereocenters. The minimum absolute atomic E-state index is 0.00814. The third-order valence-corrected chi connectivity index (χ3v) is 5.15. The zero-order chi connectivity index (χ0) is 17.2. The molecule has 1 atom stereocenters. The number of fused-ring (bicyclic) bond motifs is 1. The van der Waals surface area contributed by atoms with Crippen LogP contribution in [0.2, 0.25) is 0 Å². The van der Waals surface area contributed by atoms with Crippen LogP contribution < -0.4 is 10.6 Å². The molecule has 1 fully saturated rings. The van der Waals surface area contributed by atoms with E-state index in [2.05, 4.69) is 20.7 Å². The molecular weight excluding hydrogens is 318 g/mol. The first-order chi connectivity index (χ1) is 12.2. The molecule has 0 saturated heterocycles. The van der Waals surface area contributed by atoms with Crippen LogP contribution in [0.1, 0.15) is 60.1 Å². The van der Waals surface area contributed by atoms with Gasteiger partial charge in [0.2, 0.25) is 5.91 Å². The van der Waals surface area contributed by atoms with Gasteiger partial charge in [-0.3, -0.25) is 9.59 Å². The van der Waals surface area contributed by atoms with E-state index in [1.54, 1.807) is 18.7 Å². The Bertz CT molecular complexity index is 766. The van der Waals surface area contributed by atoms with Crippen molar-refractivity contribution in [2.45, 2.75) is 50.2 Å². The van der Waals surface area contributed by atoms with Crippen LogP contribution in [0.3, 0.4) is 0 Å². The van der Waals surface area contributed by atoms with Gasteiger partial charge in [-0.15, -0.1) is 0 Å². The monoisotopic (exact) mass is 339 g/mol. The van der Waals surface area contributed by atoms with E-state index >= 15 is 0 Å². The highest BCUT2D eigenvalue weighted by molar-refractivity contribution is 5.99. The lowest BCUT2D eigenvalue weighted by atomic mass is 9.91. The van der Waals surface area contributed by atoms with E-state index < -0.39 is 0 Å². The van der Waals surface area contributed by atoms with E-state index in [0.717, 1.165) is 31.2 Å². The van der Waals surface area contributed by atoms with E-state index in [4.69, 9.17) is 0 Å². The maximum atomic E-state index is 12.4. The third kappa shape index (κ3) is 3.26. The molecule has 0 bridgehead atoms. The highest BCUT2D eigenvalue weighted by atomic mass is 16.2. The molecule has 2 aliphatic rings. The zero-order valence-electron chi connectivity index (χ0n) is 13.9. The van der Waals surface area contributed by atoms with Crippen LogP contribution in [0.15, 0.2) is 36.9 Å². The van der Waals surface area contributed by atoms with Crippen molar-refractivity contribution in [3.63, 3.8) is 0 Å². The van der Waals surface area contributed by atoms with Gasteiger partial charge in [0.1, 0.15) is 12.7 Å². The number of nitrogens with zero attached hydrogens (tertiary/aromatic N) is 3. The number of nitrogens with one attached hydrogen (secondary N) is 2. The van der Waals surface area contributed by atoms with Crippen molar-refractivity contribution in [2.75, 3.05) is 0 Å². The molecule has 1 aliphatic heterocycles. The standard InChI is InChI=1S/C18H21N5O2/c24-17(9-16-14-3-1-2-4-15(14)18(25)22-16)21-12-5-7-13(8-6-12)23-11-19-10-20-23/h1-4,10-13,16H,5-9H2,(H,21,24)(H,22,25). The summed E-state index contributed by atoms with van der Waals surface area (Å²) in [6.07, 6.45) is 7.43. The van der Waals surface area contributed by atoms with Gasteiger partial charge in [-0.2, -0.15) is 5.10 Å². The molecule has 2 N–H and O–H groups in total. The molecule has 130 valence electrons. The average molecular weight is 339 g/mol. The van der Waals surface area contributed by atoms with Crippen LogP contribution in [0.4, 0.5) is 0 Å². The lowest BCUT2D eigenvalue weighted by Gasteiger charge is -2.29. The van der Waals surface area contributed by atoms with E-state index in [9.17, 15) is 9.59 Å². The fourth-order valence-corrected chi connectivity index (χ4v) is 3.85. The minimum atomic E-state index is -0.227. The highest BCUT2D eigenvalue weighted by Crippen LogP contribution is 2.29. The molecule has 0 radical (unpaired) electrons. The summed E-state index contributed by atoms with van der Waals surface area (Å²) < 4.78 is 1.91. The van der Waals surface area contributed by atoms with Gasteiger partial charge in [0.25, 0.3) is 5.91 Å². The van der Waals surface area contributed by atoms with E-state index in [0.29, 0.717) is 11.6 Å². The lowest BCUT2D eigenvalue weighted by Crippen LogP contribution is -2.39. The first-order valence-electron chi connectivity index (χ1n) is 8.74. The Morgan fingerprint density at radius 3 is 2.80 bits per heavy atom. The Labute approximate surface area is 145 Å². The zero-order valence-corrected chi connectivity index (χ0v) is 13.9. The number of carbonyl (C=O) groups excluding carboxylic acids is 2. The fourth-order valence-electron chi connectivity index (χ4n) is 3.85. The van der Waals surface area contributed by atoms with Gasteiger partial charge in [0.15, 0.2) is 0 Å². The van der Waals surface area contributed by atoms with Crippen LogP contribution >= 0.6 is 0 Å². The molecule has 1 saturated carbocycles. The number of benzene rings is 1. The van der Waals surface area contributed by atoms with Crippen LogP contribution in [0.25, 0.3) is 0 Å². The third-order valence-electron chi connectivity index (χ3n) is 5.15. The first-order valence-corrected chi connectivity index (χ1v) is 8.74. The van der Waals surface area contributed by atoms with Crippen molar-refractivity contribution in [2.24, 2.45) is 0 Å². The van der Waals surface area contributed by atoms with Crippen LogP contribution in [0, 0.1) is 0 Å². The van der Waals surface area contributed by atoms with E-state index in [1.807, 2.05) is 22.9 Å². The second-order valence-corrected chi connectivity index (χ2v) is 6.77. The molecule has 2 amide bonds. The molecule has 1 aromatic carbocycles. The largest absolute Gasteiger partial charge is 0.353 e. The molecule has 4 rings (SSSR count). The van der Waals surface area contributed by atoms with Gasteiger partial charge >= 0.3 is 0 Å².